The molecule has 0 amide bonds. The Morgan fingerprint density at radius 1 is 1.55 bits per heavy atom. The quantitative estimate of drug-likeness (QED) is 0.298. The fourth-order valence-electron chi connectivity index (χ4n) is 1.69. The first-order valence-electron chi connectivity index (χ1n) is 6.58. The Balaban J connectivity index is 0.00000361. The Labute approximate surface area is 142 Å². The van der Waals surface area contributed by atoms with Gasteiger partial charge in [-0.25, -0.2) is 4.98 Å². The highest BCUT2D eigenvalue weighted by Crippen LogP contribution is 2.11. The highest BCUT2D eigenvalue weighted by atomic mass is 127. The number of nitrogens with two attached hydrogens (primary N) is 1. The van der Waals surface area contributed by atoms with Gasteiger partial charge >= 0.3 is 0 Å². The van der Waals surface area contributed by atoms with Crippen molar-refractivity contribution in [2.75, 3.05) is 20.3 Å². The molecule has 5 nitrogen and oxygen atoms in total. The number of methoxy groups -OCH3 is 1. The Morgan fingerprint density at radius 3 is 2.90 bits per heavy atom. The minimum absolute atomic E-state index is 0. The van der Waals surface area contributed by atoms with Gasteiger partial charge in [0.25, 0.3) is 0 Å². The van der Waals surface area contributed by atoms with Crippen LogP contribution in [0.3, 0.4) is 0 Å². The van der Waals surface area contributed by atoms with Crippen LogP contribution in [-0.4, -0.2) is 37.2 Å². The third kappa shape index (κ3) is 8.70. The van der Waals surface area contributed by atoms with Crippen molar-refractivity contribution in [1.82, 2.24) is 10.3 Å². The van der Waals surface area contributed by atoms with Gasteiger partial charge in [-0.15, -0.1) is 35.3 Å². The molecule has 3 N–H and O–H groups in total. The first-order chi connectivity index (χ1) is 9.11. The van der Waals surface area contributed by atoms with Gasteiger partial charge in [-0.3, -0.25) is 4.99 Å². The lowest BCUT2D eigenvalue weighted by molar-refractivity contribution is 0.179. The number of thiazole rings is 1. The molecule has 0 radical (unpaired) electrons. The Morgan fingerprint density at radius 2 is 2.30 bits per heavy atom. The van der Waals surface area contributed by atoms with Crippen molar-refractivity contribution >= 4 is 41.3 Å². The second-order valence-corrected chi connectivity index (χ2v) is 5.55. The third-order valence-corrected chi connectivity index (χ3v) is 3.58. The molecule has 1 aromatic heterocycles. The van der Waals surface area contributed by atoms with Gasteiger partial charge in [0.2, 0.25) is 0 Å². The van der Waals surface area contributed by atoms with Gasteiger partial charge in [0.05, 0.1) is 11.6 Å². The normalized spacial score (nSPS) is 12.8. The maximum Gasteiger partial charge on any atom is 0.188 e. The fourth-order valence-corrected chi connectivity index (χ4v) is 2.51. The van der Waals surface area contributed by atoms with Crippen LogP contribution in [0, 0.1) is 6.92 Å². The summed E-state index contributed by atoms with van der Waals surface area (Å²) in [5, 5.41) is 6.38. The largest absolute Gasteiger partial charge is 0.383 e. The van der Waals surface area contributed by atoms with E-state index in [1.54, 1.807) is 18.4 Å². The van der Waals surface area contributed by atoms with Crippen LogP contribution in [0.1, 0.15) is 30.5 Å². The van der Waals surface area contributed by atoms with Crippen molar-refractivity contribution in [3.8, 4) is 0 Å². The molecular formula is C13H25IN4OS. The van der Waals surface area contributed by atoms with Crippen LogP contribution in [0.15, 0.2) is 10.4 Å². The van der Waals surface area contributed by atoms with Gasteiger partial charge in [-0.1, -0.05) is 0 Å². The molecule has 0 saturated carbocycles. The number of rotatable bonds is 8. The van der Waals surface area contributed by atoms with Crippen molar-refractivity contribution in [3.05, 3.63) is 16.1 Å². The summed E-state index contributed by atoms with van der Waals surface area (Å²) in [5.41, 5.74) is 6.88. The topological polar surface area (TPSA) is 72.5 Å². The summed E-state index contributed by atoms with van der Waals surface area (Å²) in [5.74, 6) is 0.495. The van der Waals surface area contributed by atoms with Crippen molar-refractivity contribution in [1.29, 1.82) is 0 Å². The molecule has 0 saturated heterocycles. The lowest BCUT2D eigenvalue weighted by atomic mass is 10.2. The van der Waals surface area contributed by atoms with E-state index in [1.165, 1.54) is 5.01 Å². The van der Waals surface area contributed by atoms with E-state index in [0.717, 1.165) is 31.5 Å². The zero-order valence-electron chi connectivity index (χ0n) is 12.4. The van der Waals surface area contributed by atoms with Gasteiger partial charge < -0.3 is 15.8 Å². The number of nitrogens with zero attached hydrogens (tertiary/aromatic N) is 2. The first-order valence-corrected chi connectivity index (χ1v) is 7.46. The lowest BCUT2D eigenvalue weighted by Crippen LogP contribution is -2.40. The monoisotopic (exact) mass is 412 g/mol. The molecule has 1 heterocycles. The van der Waals surface area contributed by atoms with Crippen molar-refractivity contribution in [2.45, 2.75) is 39.2 Å². The fraction of sp³-hybridized carbons (Fsp3) is 0.692. The summed E-state index contributed by atoms with van der Waals surface area (Å²) < 4.78 is 5.02. The van der Waals surface area contributed by atoms with Crippen molar-refractivity contribution in [3.63, 3.8) is 0 Å². The number of aryl methyl sites for hydroxylation is 2. The second-order valence-electron chi connectivity index (χ2n) is 4.61. The maximum atomic E-state index is 5.77. The molecule has 116 valence electrons. The van der Waals surface area contributed by atoms with Crippen LogP contribution in [-0.2, 0) is 11.2 Å². The van der Waals surface area contributed by atoms with Crippen molar-refractivity contribution in [2.24, 2.45) is 10.7 Å². The zero-order chi connectivity index (χ0) is 14.1. The van der Waals surface area contributed by atoms with Crippen LogP contribution in [0.5, 0.6) is 0 Å². The second kappa shape index (κ2) is 11.3. The molecule has 0 aliphatic rings. The lowest BCUT2D eigenvalue weighted by Gasteiger charge is -2.12. The van der Waals surface area contributed by atoms with E-state index in [-0.39, 0.29) is 30.0 Å². The van der Waals surface area contributed by atoms with Crippen LogP contribution in [0.2, 0.25) is 0 Å². The Hall–Kier alpha value is -0.410. The van der Waals surface area contributed by atoms with E-state index in [9.17, 15) is 0 Å². The van der Waals surface area contributed by atoms with Gasteiger partial charge in [-0.2, -0.15) is 0 Å². The number of hydrogen-bond acceptors (Lipinski definition) is 4. The van der Waals surface area contributed by atoms with Gasteiger partial charge in [0.1, 0.15) is 0 Å². The average Bonchev–Trinajstić information content (AvgIpc) is 2.75. The molecule has 0 aromatic carbocycles. The summed E-state index contributed by atoms with van der Waals surface area (Å²) >= 11 is 1.73. The molecule has 1 aromatic rings. The highest BCUT2D eigenvalue weighted by Gasteiger charge is 2.01. The van der Waals surface area contributed by atoms with E-state index < -0.39 is 0 Å². The predicted octanol–water partition coefficient (Wildman–Crippen LogP) is 2.33. The number of unbranched alkanes of at least 4 members (excludes halogenated alkanes) is 1. The summed E-state index contributed by atoms with van der Waals surface area (Å²) in [6.07, 6.45) is 3.15. The predicted molar refractivity (Wildman–Crippen MR) is 96.2 cm³/mol. The standard InChI is InChI=1S/C13H24N4OS.HI/c1-10(8-18-3)17-13(14)15-7-5-4-6-12-16-11(2)9-19-12;/h9-10H,4-8H2,1-3H3,(H3,14,15,17);1H. The van der Waals surface area contributed by atoms with Crippen molar-refractivity contribution < 1.29 is 4.74 Å². The van der Waals surface area contributed by atoms with E-state index in [2.05, 4.69) is 20.7 Å². The summed E-state index contributed by atoms with van der Waals surface area (Å²) in [6, 6.07) is 0.187. The molecule has 0 aliphatic heterocycles. The van der Waals surface area contributed by atoms with Gasteiger partial charge in [-0.05, 0) is 33.1 Å². The van der Waals surface area contributed by atoms with Gasteiger partial charge in [0.15, 0.2) is 5.96 Å². The smallest absolute Gasteiger partial charge is 0.188 e. The summed E-state index contributed by atoms with van der Waals surface area (Å²) in [6.45, 7) is 5.41. The van der Waals surface area contributed by atoms with Crippen LogP contribution < -0.4 is 11.1 Å². The van der Waals surface area contributed by atoms with Crippen LogP contribution in [0.25, 0.3) is 0 Å². The van der Waals surface area contributed by atoms with E-state index in [0.29, 0.717) is 12.6 Å². The number of hydrogen-bond donors (Lipinski definition) is 2. The van der Waals surface area contributed by atoms with E-state index >= 15 is 0 Å². The van der Waals surface area contributed by atoms with Crippen LogP contribution >= 0.6 is 35.3 Å². The molecule has 0 fully saturated rings. The number of aliphatic imine (C=N–C) groups is 1. The zero-order valence-corrected chi connectivity index (χ0v) is 15.5. The van der Waals surface area contributed by atoms with Crippen LogP contribution in [0.4, 0.5) is 0 Å². The number of ether oxygens (including phenoxy) is 1. The average molecular weight is 412 g/mol. The SMILES string of the molecule is COCC(C)NC(N)=NCCCCc1nc(C)cs1.I. The number of nitrogens with one attached hydrogen (secondary N) is 1. The third-order valence-electron chi connectivity index (χ3n) is 2.56. The molecule has 1 atom stereocenters. The molecule has 1 rings (SSSR count). The number of halogens is 1. The maximum absolute atomic E-state index is 5.77. The molecule has 7 heteroatoms. The summed E-state index contributed by atoms with van der Waals surface area (Å²) in [7, 11) is 1.67. The molecule has 1 unspecified atom stereocenters. The minimum Gasteiger partial charge on any atom is -0.383 e. The summed E-state index contributed by atoms with van der Waals surface area (Å²) in [4.78, 5) is 8.73. The number of aromatic nitrogens is 1. The van der Waals surface area contributed by atoms with E-state index in [1.807, 2.05) is 13.8 Å². The highest BCUT2D eigenvalue weighted by molar-refractivity contribution is 14.0. The molecular weight excluding hydrogens is 387 g/mol. The Kier molecular flexibility index (Phi) is 11.0. The van der Waals surface area contributed by atoms with E-state index in [4.69, 9.17) is 10.5 Å². The minimum atomic E-state index is 0. The van der Waals surface area contributed by atoms with Gasteiger partial charge in [0, 0.05) is 30.8 Å². The Bertz CT molecular complexity index is 397. The number of guanidine groups is 1. The first kappa shape index (κ1) is 19.6. The molecule has 0 aliphatic carbocycles. The molecule has 0 spiro atoms. The molecule has 20 heavy (non-hydrogen) atoms. The molecule has 0 bridgehead atoms.